The van der Waals surface area contributed by atoms with Crippen LogP contribution in [0.1, 0.15) is 44.5 Å². The van der Waals surface area contributed by atoms with Gasteiger partial charge in [-0.3, -0.25) is 0 Å². The van der Waals surface area contributed by atoms with E-state index in [1.807, 2.05) is 26.8 Å². The van der Waals surface area contributed by atoms with Gasteiger partial charge in [0.2, 0.25) is 0 Å². The smallest absolute Gasteiger partial charge is 0.410 e. The highest BCUT2D eigenvalue weighted by Gasteiger charge is 2.36. The van der Waals surface area contributed by atoms with Crippen LogP contribution in [0.2, 0.25) is 0 Å². The number of rotatable bonds is 3. The molecule has 1 amide bonds. The predicted molar refractivity (Wildman–Crippen MR) is 87.2 cm³/mol. The molecule has 2 atom stereocenters. The highest BCUT2D eigenvalue weighted by atomic mass is 16.6. The van der Waals surface area contributed by atoms with Crippen molar-refractivity contribution in [1.82, 2.24) is 4.90 Å². The first kappa shape index (κ1) is 17.3. The van der Waals surface area contributed by atoms with Crippen LogP contribution in [-0.4, -0.2) is 41.8 Å². The van der Waals surface area contributed by atoms with Crippen molar-refractivity contribution in [3.63, 3.8) is 0 Å². The number of ether oxygens (including phenoxy) is 2. The van der Waals surface area contributed by atoms with Crippen LogP contribution in [0, 0.1) is 5.92 Å². The van der Waals surface area contributed by atoms with Gasteiger partial charge >= 0.3 is 12.1 Å². The van der Waals surface area contributed by atoms with Crippen molar-refractivity contribution >= 4 is 12.1 Å². The molecule has 5 heteroatoms. The van der Waals surface area contributed by atoms with Crippen molar-refractivity contribution in [1.29, 1.82) is 0 Å². The molecule has 0 bridgehead atoms. The lowest BCUT2D eigenvalue weighted by molar-refractivity contribution is 0.0104. The fourth-order valence-electron chi connectivity index (χ4n) is 2.68. The molecule has 1 fully saturated rings. The Labute approximate surface area is 137 Å². The molecule has 1 aliphatic heterocycles. The van der Waals surface area contributed by atoms with Crippen LogP contribution in [0.3, 0.4) is 0 Å². The second kappa shape index (κ2) is 7.02. The fraction of sp³-hybridized carbons (Fsp3) is 0.556. The second-order valence-corrected chi connectivity index (χ2v) is 7.09. The standard InChI is InChI=1S/C18H25NO4/c1-13-10-15(19(11-13)17(21)23-18(2,3)4)12-22-16(20)14-8-6-5-7-9-14/h5-9,13,15H,10-12H2,1-4H3/t13-,15+/m1/s1. The van der Waals surface area contributed by atoms with Crippen molar-refractivity contribution in [2.45, 2.75) is 45.8 Å². The summed E-state index contributed by atoms with van der Waals surface area (Å²) in [6.07, 6.45) is 0.462. The maximum absolute atomic E-state index is 12.3. The summed E-state index contributed by atoms with van der Waals surface area (Å²) in [5, 5.41) is 0. The van der Waals surface area contributed by atoms with Crippen molar-refractivity contribution in [2.75, 3.05) is 13.2 Å². The molecule has 0 saturated carbocycles. The first-order valence-corrected chi connectivity index (χ1v) is 7.98. The van der Waals surface area contributed by atoms with Gasteiger partial charge in [-0.1, -0.05) is 25.1 Å². The Kier molecular flexibility index (Phi) is 5.29. The number of carbonyl (C=O) groups is 2. The number of nitrogens with zero attached hydrogens (tertiary/aromatic N) is 1. The Morgan fingerprint density at radius 3 is 2.48 bits per heavy atom. The SMILES string of the molecule is C[C@@H]1C[C@@H](COC(=O)c2ccccc2)N(C(=O)OC(C)(C)C)C1. The first-order valence-electron chi connectivity index (χ1n) is 7.98. The van der Waals surface area contributed by atoms with Crippen molar-refractivity contribution in [3.8, 4) is 0 Å². The number of amides is 1. The van der Waals surface area contributed by atoms with E-state index in [-0.39, 0.29) is 24.7 Å². The normalized spacial score (nSPS) is 21.1. The van der Waals surface area contributed by atoms with Gasteiger partial charge in [-0.25, -0.2) is 9.59 Å². The average molecular weight is 319 g/mol. The largest absolute Gasteiger partial charge is 0.460 e. The van der Waals surface area contributed by atoms with E-state index >= 15 is 0 Å². The molecule has 1 aromatic carbocycles. The molecule has 1 heterocycles. The summed E-state index contributed by atoms with van der Waals surface area (Å²) in [4.78, 5) is 26.0. The van der Waals surface area contributed by atoms with Gasteiger partial charge in [0.05, 0.1) is 11.6 Å². The van der Waals surface area contributed by atoms with Crippen LogP contribution in [0.15, 0.2) is 30.3 Å². The van der Waals surface area contributed by atoms with Crippen molar-refractivity contribution in [3.05, 3.63) is 35.9 Å². The Morgan fingerprint density at radius 2 is 1.87 bits per heavy atom. The fourth-order valence-corrected chi connectivity index (χ4v) is 2.68. The van der Waals surface area contributed by atoms with Gasteiger partial charge in [-0.2, -0.15) is 0 Å². The quantitative estimate of drug-likeness (QED) is 0.800. The number of hydrogen-bond acceptors (Lipinski definition) is 4. The van der Waals surface area contributed by atoms with Gasteiger partial charge in [0, 0.05) is 6.54 Å². The van der Waals surface area contributed by atoms with E-state index < -0.39 is 5.60 Å². The Morgan fingerprint density at radius 1 is 1.22 bits per heavy atom. The molecule has 0 aliphatic carbocycles. The van der Waals surface area contributed by atoms with Crippen LogP contribution in [-0.2, 0) is 9.47 Å². The van der Waals surface area contributed by atoms with Crippen LogP contribution >= 0.6 is 0 Å². The van der Waals surface area contributed by atoms with Gasteiger partial charge in [-0.15, -0.1) is 0 Å². The van der Waals surface area contributed by atoms with E-state index in [4.69, 9.17) is 9.47 Å². The number of likely N-dealkylation sites (tertiary alicyclic amines) is 1. The van der Waals surface area contributed by atoms with E-state index in [2.05, 4.69) is 6.92 Å². The average Bonchev–Trinajstić information content (AvgIpc) is 2.85. The van der Waals surface area contributed by atoms with Gasteiger partial charge in [0.1, 0.15) is 12.2 Å². The zero-order valence-electron chi connectivity index (χ0n) is 14.2. The molecular weight excluding hydrogens is 294 g/mol. The summed E-state index contributed by atoms with van der Waals surface area (Å²) in [5.41, 5.74) is -0.0175. The molecular formula is C18H25NO4. The minimum Gasteiger partial charge on any atom is -0.460 e. The molecule has 0 aromatic heterocycles. The third kappa shape index (κ3) is 4.98. The molecule has 1 aromatic rings. The molecule has 126 valence electrons. The summed E-state index contributed by atoms with van der Waals surface area (Å²) in [6, 6.07) is 8.73. The summed E-state index contributed by atoms with van der Waals surface area (Å²) >= 11 is 0. The number of esters is 1. The lowest BCUT2D eigenvalue weighted by atomic mass is 10.1. The van der Waals surface area contributed by atoms with Gasteiger partial charge in [-0.05, 0) is 45.2 Å². The minimum atomic E-state index is -0.534. The predicted octanol–water partition coefficient (Wildman–Crippen LogP) is 3.49. The van der Waals surface area contributed by atoms with Gasteiger partial charge in [0.15, 0.2) is 0 Å². The number of hydrogen-bond donors (Lipinski definition) is 0. The maximum atomic E-state index is 12.3. The molecule has 5 nitrogen and oxygen atoms in total. The van der Waals surface area contributed by atoms with Crippen molar-refractivity contribution < 1.29 is 19.1 Å². The summed E-state index contributed by atoms with van der Waals surface area (Å²) in [7, 11) is 0. The molecule has 23 heavy (non-hydrogen) atoms. The molecule has 0 spiro atoms. The lowest BCUT2D eigenvalue weighted by Gasteiger charge is -2.28. The Bertz CT molecular complexity index is 550. The third-order valence-electron chi connectivity index (χ3n) is 3.67. The van der Waals surface area contributed by atoms with E-state index in [9.17, 15) is 9.59 Å². The Balaban J connectivity index is 1.94. The molecule has 2 rings (SSSR count). The van der Waals surface area contributed by atoms with Crippen LogP contribution in [0.5, 0.6) is 0 Å². The first-order chi connectivity index (χ1) is 10.8. The van der Waals surface area contributed by atoms with Crippen LogP contribution < -0.4 is 0 Å². The van der Waals surface area contributed by atoms with Crippen molar-refractivity contribution in [2.24, 2.45) is 5.92 Å². The van der Waals surface area contributed by atoms with Gasteiger partial charge < -0.3 is 14.4 Å². The minimum absolute atomic E-state index is 0.132. The monoisotopic (exact) mass is 319 g/mol. The zero-order chi connectivity index (χ0) is 17.0. The summed E-state index contributed by atoms with van der Waals surface area (Å²) < 4.78 is 10.8. The van der Waals surface area contributed by atoms with E-state index in [0.29, 0.717) is 18.0 Å². The second-order valence-electron chi connectivity index (χ2n) is 7.09. The number of benzene rings is 1. The highest BCUT2D eigenvalue weighted by Crippen LogP contribution is 2.25. The topological polar surface area (TPSA) is 55.8 Å². The summed E-state index contributed by atoms with van der Waals surface area (Å²) in [6.45, 7) is 8.43. The highest BCUT2D eigenvalue weighted by molar-refractivity contribution is 5.89. The van der Waals surface area contributed by atoms with E-state index in [1.54, 1.807) is 29.2 Å². The van der Waals surface area contributed by atoms with E-state index in [0.717, 1.165) is 6.42 Å². The molecule has 0 unspecified atom stereocenters. The zero-order valence-corrected chi connectivity index (χ0v) is 14.2. The molecule has 0 N–H and O–H groups in total. The summed E-state index contributed by atoms with van der Waals surface area (Å²) in [5.74, 6) is -0.00256. The Hall–Kier alpha value is -2.04. The van der Waals surface area contributed by atoms with Crippen LogP contribution in [0.25, 0.3) is 0 Å². The van der Waals surface area contributed by atoms with E-state index in [1.165, 1.54) is 0 Å². The molecule has 1 saturated heterocycles. The number of carbonyl (C=O) groups excluding carboxylic acids is 2. The van der Waals surface area contributed by atoms with Crippen LogP contribution in [0.4, 0.5) is 4.79 Å². The molecule has 1 aliphatic rings. The lowest BCUT2D eigenvalue weighted by Crippen LogP contribution is -2.42. The third-order valence-corrected chi connectivity index (χ3v) is 3.67. The maximum Gasteiger partial charge on any atom is 0.410 e. The molecule has 0 radical (unpaired) electrons. The van der Waals surface area contributed by atoms with Gasteiger partial charge in [0.25, 0.3) is 0 Å².